The number of thiazole rings is 1. The van der Waals surface area contributed by atoms with E-state index in [2.05, 4.69) is 17.1 Å². The first-order valence-corrected chi connectivity index (χ1v) is 8.71. The Kier molecular flexibility index (Phi) is 3.44. The van der Waals surface area contributed by atoms with Crippen LogP contribution in [0, 0.1) is 0 Å². The number of hydrogen-bond donors (Lipinski definition) is 1. The molecule has 2 aliphatic carbocycles. The zero-order valence-electron chi connectivity index (χ0n) is 12.1. The summed E-state index contributed by atoms with van der Waals surface area (Å²) in [6.07, 6.45) is 5.69. The second-order valence-corrected chi connectivity index (χ2v) is 7.42. The van der Waals surface area contributed by atoms with Crippen molar-refractivity contribution in [3.8, 4) is 0 Å². The largest absolute Gasteiger partial charge is 0.375 e. The minimum atomic E-state index is 0.324. The molecule has 4 nitrogen and oxygen atoms in total. The van der Waals surface area contributed by atoms with Crippen molar-refractivity contribution in [2.45, 2.75) is 57.2 Å². The highest BCUT2D eigenvalue weighted by atomic mass is 32.1. The van der Waals surface area contributed by atoms with Crippen LogP contribution in [-0.4, -0.2) is 36.8 Å². The van der Waals surface area contributed by atoms with E-state index in [0.717, 1.165) is 38.2 Å². The van der Waals surface area contributed by atoms with Crippen molar-refractivity contribution in [3.05, 3.63) is 10.6 Å². The topological polar surface area (TPSA) is 37.4 Å². The van der Waals surface area contributed by atoms with Crippen LogP contribution in [0.15, 0.2) is 0 Å². The number of aromatic nitrogens is 1. The fourth-order valence-corrected chi connectivity index (χ4v) is 3.94. The first kappa shape index (κ1) is 13.0. The molecule has 1 unspecified atom stereocenters. The first-order chi connectivity index (χ1) is 9.79. The number of rotatable bonds is 5. The quantitative estimate of drug-likeness (QED) is 0.905. The van der Waals surface area contributed by atoms with Crippen LogP contribution >= 0.6 is 11.3 Å². The Morgan fingerprint density at radius 2 is 2.20 bits per heavy atom. The number of hydrogen-bond acceptors (Lipinski definition) is 5. The van der Waals surface area contributed by atoms with Crippen LogP contribution in [0.2, 0.25) is 0 Å². The van der Waals surface area contributed by atoms with Crippen LogP contribution in [-0.2, 0) is 11.3 Å². The van der Waals surface area contributed by atoms with E-state index in [1.54, 1.807) is 0 Å². The van der Waals surface area contributed by atoms with Crippen LogP contribution in [0.25, 0.3) is 0 Å². The molecule has 20 heavy (non-hydrogen) atoms. The minimum absolute atomic E-state index is 0.324. The fourth-order valence-electron chi connectivity index (χ4n) is 2.80. The molecule has 3 aliphatic rings. The smallest absolute Gasteiger partial charge is 0.186 e. The third kappa shape index (κ3) is 2.85. The van der Waals surface area contributed by atoms with Gasteiger partial charge in [-0.05, 0) is 32.6 Å². The maximum Gasteiger partial charge on any atom is 0.186 e. The molecule has 0 amide bonds. The molecule has 0 spiro atoms. The SMILES string of the molecule is CC1CN(c2nc(C3CC3)c(CNC3CC3)s2)CCO1. The lowest BCUT2D eigenvalue weighted by Crippen LogP contribution is -2.41. The number of ether oxygens (including phenoxy) is 1. The van der Waals surface area contributed by atoms with Gasteiger partial charge >= 0.3 is 0 Å². The Hall–Kier alpha value is -0.650. The molecular weight excluding hydrogens is 270 g/mol. The van der Waals surface area contributed by atoms with Gasteiger partial charge < -0.3 is 15.0 Å². The minimum Gasteiger partial charge on any atom is -0.375 e. The first-order valence-electron chi connectivity index (χ1n) is 7.89. The zero-order valence-corrected chi connectivity index (χ0v) is 12.9. The third-order valence-corrected chi connectivity index (χ3v) is 5.45. The fraction of sp³-hybridized carbons (Fsp3) is 0.800. The van der Waals surface area contributed by atoms with Gasteiger partial charge in [-0.15, -0.1) is 11.3 Å². The molecule has 1 aromatic rings. The predicted octanol–water partition coefficient (Wildman–Crippen LogP) is 2.50. The van der Waals surface area contributed by atoms with E-state index >= 15 is 0 Å². The number of nitrogens with zero attached hydrogens (tertiary/aromatic N) is 2. The Morgan fingerprint density at radius 1 is 1.35 bits per heavy atom. The predicted molar refractivity (Wildman–Crippen MR) is 81.6 cm³/mol. The van der Waals surface area contributed by atoms with Crippen molar-refractivity contribution in [3.63, 3.8) is 0 Å². The summed E-state index contributed by atoms with van der Waals surface area (Å²) in [6, 6.07) is 0.774. The van der Waals surface area contributed by atoms with Crippen LogP contribution in [0.4, 0.5) is 5.13 Å². The second-order valence-electron chi connectivity index (χ2n) is 6.36. The standard InChI is InChI=1S/C15H23N3OS/c1-10-9-18(6-7-19-10)15-17-14(11-2-3-11)13(20-15)8-16-12-4-5-12/h10-12,16H,2-9H2,1H3. The van der Waals surface area contributed by atoms with E-state index in [1.807, 2.05) is 11.3 Å². The molecule has 3 fully saturated rings. The molecule has 1 saturated heterocycles. The molecule has 1 aliphatic heterocycles. The zero-order chi connectivity index (χ0) is 13.5. The average Bonchev–Trinajstić information content (AvgIpc) is 3.36. The molecule has 4 rings (SSSR count). The van der Waals surface area contributed by atoms with Crippen molar-refractivity contribution >= 4 is 16.5 Å². The lowest BCUT2D eigenvalue weighted by molar-refractivity contribution is 0.0532. The molecule has 0 bridgehead atoms. The number of nitrogens with one attached hydrogen (secondary N) is 1. The molecule has 1 aromatic heterocycles. The molecule has 0 aromatic carbocycles. The van der Waals surface area contributed by atoms with Crippen molar-refractivity contribution in [1.29, 1.82) is 0 Å². The highest BCUT2D eigenvalue weighted by molar-refractivity contribution is 7.15. The van der Waals surface area contributed by atoms with Crippen LogP contribution in [0.3, 0.4) is 0 Å². The maximum atomic E-state index is 5.64. The summed E-state index contributed by atoms with van der Waals surface area (Å²) in [5, 5.41) is 4.87. The van der Waals surface area contributed by atoms with E-state index in [0.29, 0.717) is 6.10 Å². The van der Waals surface area contributed by atoms with Crippen molar-refractivity contribution < 1.29 is 4.74 Å². The summed E-state index contributed by atoms with van der Waals surface area (Å²) in [6.45, 7) is 5.96. The lowest BCUT2D eigenvalue weighted by Gasteiger charge is -2.30. The monoisotopic (exact) mass is 293 g/mol. The van der Waals surface area contributed by atoms with Gasteiger partial charge in [0.1, 0.15) is 0 Å². The van der Waals surface area contributed by atoms with Gasteiger partial charge in [0, 0.05) is 36.5 Å². The van der Waals surface area contributed by atoms with E-state index in [9.17, 15) is 0 Å². The Morgan fingerprint density at radius 3 is 2.90 bits per heavy atom. The van der Waals surface area contributed by atoms with E-state index in [4.69, 9.17) is 9.72 Å². The molecular formula is C15H23N3OS. The Balaban J connectivity index is 1.51. The second kappa shape index (κ2) is 5.28. The summed E-state index contributed by atoms with van der Waals surface area (Å²) in [5.41, 5.74) is 1.39. The third-order valence-electron chi connectivity index (χ3n) is 4.32. The van der Waals surface area contributed by atoms with Crippen molar-refractivity contribution in [2.24, 2.45) is 0 Å². The highest BCUT2D eigenvalue weighted by Gasteiger charge is 2.32. The summed E-state index contributed by atoms with van der Waals surface area (Å²) in [4.78, 5) is 8.87. The highest BCUT2D eigenvalue weighted by Crippen LogP contribution is 2.44. The molecule has 1 atom stereocenters. The van der Waals surface area contributed by atoms with Gasteiger partial charge in [-0.3, -0.25) is 0 Å². The van der Waals surface area contributed by atoms with Crippen LogP contribution in [0.1, 0.15) is 49.1 Å². The van der Waals surface area contributed by atoms with E-state index in [1.165, 1.54) is 41.4 Å². The molecule has 5 heteroatoms. The summed E-state index contributed by atoms with van der Waals surface area (Å²) in [7, 11) is 0. The molecule has 1 N–H and O–H groups in total. The summed E-state index contributed by atoms with van der Waals surface area (Å²) in [5.74, 6) is 0.745. The summed E-state index contributed by atoms with van der Waals surface area (Å²) >= 11 is 1.90. The van der Waals surface area contributed by atoms with Gasteiger partial charge in [-0.1, -0.05) is 0 Å². The van der Waals surface area contributed by atoms with Crippen LogP contribution < -0.4 is 10.2 Å². The van der Waals surface area contributed by atoms with Gasteiger partial charge in [0.05, 0.1) is 18.4 Å². The van der Waals surface area contributed by atoms with E-state index < -0.39 is 0 Å². The summed E-state index contributed by atoms with van der Waals surface area (Å²) < 4.78 is 5.64. The van der Waals surface area contributed by atoms with Gasteiger partial charge in [0.15, 0.2) is 5.13 Å². The Bertz CT molecular complexity index is 481. The molecule has 2 heterocycles. The van der Waals surface area contributed by atoms with E-state index in [-0.39, 0.29) is 0 Å². The van der Waals surface area contributed by atoms with Gasteiger partial charge in [0.25, 0.3) is 0 Å². The molecule has 110 valence electrons. The van der Waals surface area contributed by atoms with Gasteiger partial charge in [-0.2, -0.15) is 0 Å². The normalized spacial score (nSPS) is 27.1. The van der Waals surface area contributed by atoms with Gasteiger partial charge in [-0.25, -0.2) is 4.98 Å². The number of anilines is 1. The molecule has 2 saturated carbocycles. The maximum absolute atomic E-state index is 5.64. The lowest BCUT2D eigenvalue weighted by atomic mass is 10.2. The van der Waals surface area contributed by atoms with Crippen molar-refractivity contribution in [2.75, 3.05) is 24.6 Å². The van der Waals surface area contributed by atoms with Crippen LogP contribution in [0.5, 0.6) is 0 Å². The average molecular weight is 293 g/mol. The molecule has 0 radical (unpaired) electrons. The number of morpholine rings is 1. The van der Waals surface area contributed by atoms with Gasteiger partial charge in [0.2, 0.25) is 0 Å². The van der Waals surface area contributed by atoms with Crippen molar-refractivity contribution in [1.82, 2.24) is 10.3 Å². The Labute approximate surface area is 124 Å².